The van der Waals surface area contributed by atoms with Crippen LogP contribution in [0.2, 0.25) is 0 Å². The van der Waals surface area contributed by atoms with Gasteiger partial charge in [-0.15, -0.1) is 11.3 Å². The molecule has 9 heteroatoms. The second-order valence-corrected chi connectivity index (χ2v) is 10.1. The van der Waals surface area contributed by atoms with Gasteiger partial charge in [0.05, 0.1) is 21.0 Å². The average Bonchev–Trinajstić information content (AvgIpc) is 3.51. The van der Waals surface area contributed by atoms with Gasteiger partial charge < -0.3 is 5.32 Å². The molecule has 0 spiro atoms. The fraction of sp³-hybridized carbons (Fsp3) is 0.167. The van der Waals surface area contributed by atoms with E-state index in [4.69, 9.17) is 0 Å². The molecule has 2 aromatic carbocycles. The fourth-order valence-electron chi connectivity index (χ4n) is 3.49. The summed E-state index contributed by atoms with van der Waals surface area (Å²) >= 11 is 1.50. The molecule has 1 amide bonds. The summed E-state index contributed by atoms with van der Waals surface area (Å²) in [6.45, 7) is 4.34. The van der Waals surface area contributed by atoms with Crippen molar-refractivity contribution in [3.63, 3.8) is 0 Å². The Balaban J connectivity index is 1.68. The first-order valence-corrected chi connectivity index (χ1v) is 12.9. The smallest absolute Gasteiger partial charge is 0.259 e. The highest BCUT2D eigenvalue weighted by atomic mass is 32.2. The van der Waals surface area contributed by atoms with Crippen LogP contribution in [0, 0.1) is 0 Å². The summed E-state index contributed by atoms with van der Waals surface area (Å²) in [6, 6.07) is 19.7. The van der Waals surface area contributed by atoms with Gasteiger partial charge in [0.2, 0.25) is 10.0 Å². The molecule has 0 bridgehead atoms. The molecule has 2 aromatic heterocycles. The van der Waals surface area contributed by atoms with E-state index in [2.05, 4.69) is 10.4 Å². The third-order valence-electron chi connectivity index (χ3n) is 5.17. The summed E-state index contributed by atoms with van der Waals surface area (Å²) < 4.78 is 28.8. The molecule has 4 rings (SSSR count). The van der Waals surface area contributed by atoms with Gasteiger partial charge in [-0.1, -0.05) is 44.2 Å². The predicted octanol–water partition coefficient (Wildman–Crippen LogP) is 4.88. The number of nitrogens with zero attached hydrogens (tertiary/aromatic N) is 3. The molecule has 0 unspecified atom stereocenters. The Morgan fingerprint density at radius 3 is 2.45 bits per heavy atom. The van der Waals surface area contributed by atoms with Crippen molar-refractivity contribution in [3.8, 4) is 16.3 Å². The van der Waals surface area contributed by atoms with Crippen molar-refractivity contribution < 1.29 is 13.2 Å². The lowest BCUT2D eigenvalue weighted by Gasteiger charge is -2.18. The van der Waals surface area contributed by atoms with E-state index in [0.29, 0.717) is 30.0 Å². The SMILES string of the molecule is CCN(CC)S(=O)(=O)c1cccc(NC(=O)c2cn(-c3ccccc3)nc2-c2cccs2)c1. The summed E-state index contributed by atoms with van der Waals surface area (Å²) in [4.78, 5) is 14.3. The van der Waals surface area contributed by atoms with E-state index in [1.807, 2.05) is 47.8 Å². The second-order valence-electron chi connectivity index (χ2n) is 7.22. The quantitative estimate of drug-likeness (QED) is 0.389. The number of thiophene rings is 1. The molecule has 0 fully saturated rings. The second kappa shape index (κ2) is 9.70. The largest absolute Gasteiger partial charge is 0.322 e. The summed E-state index contributed by atoms with van der Waals surface area (Å²) in [6.07, 6.45) is 1.69. The summed E-state index contributed by atoms with van der Waals surface area (Å²) in [7, 11) is -3.63. The Hall–Kier alpha value is -3.27. The molecule has 2 heterocycles. The predicted molar refractivity (Wildman–Crippen MR) is 131 cm³/mol. The highest BCUT2D eigenvalue weighted by Crippen LogP contribution is 2.29. The van der Waals surface area contributed by atoms with E-state index in [1.165, 1.54) is 27.8 Å². The van der Waals surface area contributed by atoms with Crippen LogP contribution in [0.1, 0.15) is 24.2 Å². The first-order valence-electron chi connectivity index (χ1n) is 10.5. The highest BCUT2D eigenvalue weighted by Gasteiger charge is 2.23. The van der Waals surface area contributed by atoms with Gasteiger partial charge in [-0.3, -0.25) is 4.79 Å². The minimum absolute atomic E-state index is 0.141. The number of para-hydroxylation sites is 1. The average molecular weight is 481 g/mol. The molecule has 4 aromatic rings. The molecule has 0 aliphatic carbocycles. The topological polar surface area (TPSA) is 84.3 Å². The zero-order valence-corrected chi connectivity index (χ0v) is 19.9. The third-order valence-corrected chi connectivity index (χ3v) is 8.09. The number of aromatic nitrogens is 2. The number of anilines is 1. The van der Waals surface area contributed by atoms with Gasteiger partial charge >= 0.3 is 0 Å². The first kappa shape index (κ1) is 22.9. The molecule has 7 nitrogen and oxygen atoms in total. The van der Waals surface area contributed by atoms with Crippen LogP contribution in [0.3, 0.4) is 0 Å². The van der Waals surface area contributed by atoms with E-state index < -0.39 is 10.0 Å². The molecule has 0 saturated heterocycles. The van der Waals surface area contributed by atoms with Crippen LogP contribution < -0.4 is 5.32 Å². The third kappa shape index (κ3) is 4.75. The van der Waals surface area contributed by atoms with Gasteiger partial charge in [-0.2, -0.15) is 9.40 Å². The van der Waals surface area contributed by atoms with Crippen molar-refractivity contribution in [2.75, 3.05) is 18.4 Å². The molecule has 0 aliphatic heterocycles. The lowest BCUT2D eigenvalue weighted by Crippen LogP contribution is -2.30. The summed E-state index contributed by atoms with van der Waals surface area (Å²) in [5.41, 5.74) is 2.20. The zero-order chi connectivity index (χ0) is 23.4. The number of nitrogens with one attached hydrogen (secondary N) is 1. The maximum absolute atomic E-state index is 13.3. The number of benzene rings is 2. The zero-order valence-electron chi connectivity index (χ0n) is 18.3. The van der Waals surface area contributed by atoms with Crippen LogP contribution in [-0.2, 0) is 10.0 Å². The number of hydrogen-bond acceptors (Lipinski definition) is 5. The van der Waals surface area contributed by atoms with E-state index in [0.717, 1.165) is 10.6 Å². The Morgan fingerprint density at radius 1 is 1.03 bits per heavy atom. The minimum atomic E-state index is -3.63. The van der Waals surface area contributed by atoms with E-state index in [9.17, 15) is 13.2 Å². The summed E-state index contributed by atoms with van der Waals surface area (Å²) in [5.74, 6) is -0.363. The van der Waals surface area contributed by atoms with Crippen LogP contribution in [0.15, 0.2) is 83.2 Å². The number of carbonyl (C=O) groups excluding carboxylic acids is 1. The van der Waals surface area contributed by atoms with Crippen molar-refractivity contribution in [2.24, 2.45) is 0 Å². The molecule has 0 radical (unpaired) electrons. The van der Waals surface area contributed by atoms with E-state index in [1.54, 1.807) is 36.9 Å². The molecule has 0 aliphatic rings. The molecular weight excluding hydrogens is 456 g/mol. The molecular formula is C24H24N4O3S2. The van der Waals surface area contributed by atoms with Crippen LogP contribution in [0.25, 0.3) is 16.3 Å². The number of hydrogen-bond donors (Lipinski definition) is 1. The van der Waals surface area contributed by atoms with Gasteiger partial charge in [0.15, 0.2) is 0 Å². The molecule has 0 saturated carbocycles. The minimum Gasteiger partial charge on any atom is -0.322 e. The van der Waals surface area contributed by atoms with Gasteiger partial charge in [-0.05, 0) is 41.8 Å². The molecule has 0 atom stereocenters. The Labute approximate surface area is 197 Å². The van der Waals surface area contributed by atoms with Crippen molar-refractivity contribution in [1.82, 2.24) is 14.1 Å². The molecule has 170 valence electrons. The number of sulfonamides is 1. The van der Waals surface area contributed by atoms with Gasteiger partial charge in [0, 0.05) is 25.0 Å². The van der Waals surface area contributed by atoms with Crippen molar-refractivity contribution in [3.05, 3.63) is 83.9 Å². The van der Waals surface area contributed by atoms with Gasteiger partial charge in [0.25, 0.3) is 5.91 Å². The van der Waals surface area contributed by atoms with Gasteiger partial charge in [0.1, 0.15) is 5.69 Å². The van der Waals surface area contributed by atoms with Crippen LogP contribution in [0.4, 0.5) is 5.69 Å². The van der Waals surface area contributed by atoms with Crippen LogP contribution in [0.5, 0.6) is 0 Å². The number of amides is 1. The number of carbonyl (C=O) groups is 1. The van der Waals surface area contributed by atoms with Crippen molar-refractivity contribution >= 4 is 33.0 Å². The normalized spacial score (nSPS) is 11.6. The monoisotopic (exact) mass is 480 g/mol. The van der Waals surface area contributed by atoms with Gasteiger partial charge in [-0.25, -0.2) is 13.1 Å². The maximum Gasteiger partial charge on any atom is 0.259 e. The Morgan fingerprint density at radius 2 is 1.79 bits per heavy atom. The van der Waals surface area contributed by atoms with E-state index in [-0.39, 0.29) is 10.8 Å². The number of rotatable bonds is 8. The van der Waals surface area contributed by atoms with Crippen LogP contribution in [-0.4, -0.2) is 41.5 Å². The molecule has 33 heavy (non-hydrogen) atoms. The van der Waals surface area contributed by atoms with Crippen molar-refractivity contribution in [2.45, 2.75) is 18.7 Å². The lowest BCUT2D eigenvalue weighted by molar-refractivity contribution is 0.102. The maximum atomic E-state index is 13.3. The highest BCUT2D eigenvalue weighted by molar-refractivity contribution is 7.89. The summed E-state index contributed by atoms with van der Waals surface area (Å²) in [5, 5.41) is 9.42. The first-order chi connectivity index (χ1) is 15.9. The van der Waals surface area contributed by atoms with Crippen LogP contribution >= 0.6 is 11.3 Å². The Bertz CT molecular complexity index is 1340. The molecule has 1 N–H and O–H groups in total. The fourth-order valence-corrected chi connectivity index (χ4v) is 5.72. The van der Waals surface area contributed by atoms with Crippen molar-refractivity contribution in [1.29, 1.82) is 0 Å². The van der Waals surface area contributed by atoms with E-state index >= 15 is 0 Å². The Kier molecular flexibility index (Phi) is 6.73. The standard InChI is InChI=1S/C24H24N4O3S2/c1-3-27(4-2)33(30,31)20-13-8-10-18(16-20)25-24(29)21-17-28(19-11-6-5-7-12-19)26-23(21)22-14-9-15-32-22/h5-17H,3-4H2,1-2H3,(H,25,29). The lowest BCUT2D eigenvalue weighted by atomic mass is 10.2.